The quantitative estimate of drug-likeness (QED) is 0.590. The van der Waals surface area contributed by atoms with Gasteiger partial charge in [0, 0.05) is 32.5 Å². The first-order valence-corrected chi connectivity index (χ1v) is 10.8. The smallest absolute Gasteiger partial charge is 0.335 e. The third-order valence-electron chi connectivity index (χ3n) is 5.25. The van der Waals surface area contributed by atoms with E-state index < -0.39 is 5.97 Å². The zero-order valence-corrected chi connectivity index (χ0v) is 18.2. The molecule has 1 N–H and O–H groups in total. The second-order valence-electron chi connectivity index (χ2n) is 7.56. The van der Waals surface area contributed by atoms with Crippen molar-refractivity contribution in [3.05, 3.63) is 69.2 Å². The lowest BCUT2D eigenvalue weighted by Crippen LogP contribution is -2.42. The van der Waals surface area contributed by atoms with Gasteiger partial charge in [0.15, 0.2) is 0 Å². The van der Waals surface area contributed by atoms with Crippen molar-refractivity contribution in [2.24, 2.45) is 0 Å². The molecule has 0 amide bonds. The molecular formula is C23H25Cl2NO4. The SMILES string of the molecule is O=C(CCc1ccc(C(=O)O)cc1)CC[C@H]1CN(Cc2ccc(Cl)c(Cl)c2)CCO1. The third-order valence-corrected chi connectivity index (χ3v) is 5.99. The summed E-state index contributed by atoms with van der Waals surface area (Å²) >= 11 is 12.1. The van der Waals surface area contributed by atoms with Crippen molar-refractivity contribution in [1.29, 1.82) is 0 Å². The fraction of sp³-hybridized carbons (Fsp3) is 0.391. The molecule has 0 spiro atoms. The van der Waals surface area contributed by atoms with Gasteiger partial charge in [-0.2, -0.15) is 0 Å². The van der Waals surface area contributed by atoms with Gasteiger partial charge in [-0.25, -0.2) is 4.79 Å². The minimum atomic E-state index is -0.946. The van der Waals surface area contributed by atoms with Gasteiger partial charge in [-0.3, -0.25) is 9.69 Å². The summed E-state index contributed by atoms with van der Waals surface area (Å²) in [5, 5.41) is 10.0. The van der Waals surface area contributed by atoms with Crippen molar-refractivity contribution in [3.63, 3.8) is 0 Å². The van der Waals surface area contributed by atoms with Crippen molar-refractivity contribution in [2.75, 3.05) is 19.7 Å². The van der Waals surface area contributed by atoms with Crippen molar-refractivity contribution in [3.8, 4) is 0 Å². The molecule has 0 saturated carbocycles. The number of carboxylic acid groups (broad SMARTS) is 1. The number of carboxylic acids is 1. The minimum Gasteiger partial charge on any atom is -0.478 e. The molecule has 3 rings (SSSR count). The molecule has 160 valence electrons. The first-order chi connectivity index (χ1) is 14.4. The van der Waals surface area contributed by atoms with Gasteiger partial charge in [0.1, 0.15) is 5.78 Å². The normalized spacial score (nSPS) is 17.1. The Morgan fingerprint density at radius 2 is 1.77 bits per heavy atom. The Morgan fingerprint density at radius 1 is 1.03 bits per heavy atom. The summed E-state index contributed by atoms with van der Waals surface area (Å²) in [6.07, 6.45) is 2.30. The van der Waals surface area contributed by atoms with E-state index in [9.17, 15) is 9.59 Å². The molecule has 0 aliphatic carbocycles. The number of nitrogens with zero attached hydrogens (tertiary/aromatic N) is 1. The van der Waals surface area contributed by atoms with Crippen LogP contribution in [0.3, 0.4) is 0 Å². The summed E-state index contributed by atoms with van der Waals surface area (Å²) in [4.78, 5) is 25.5. The monoisotopic (exact) mass is 449 g/mol. The van der Waals surface area contributed by atoms with Crippen LogP contribution in [0.4, 0.5) is 0 Å². The van der Waals surface area contributed by atoms with E-state index in [1.54, 1.807) is 24.3 Å². The van der Waals surface area contributed by atoms with Crippen LogP contribution in [0.5, 0.6) is 0 Å². The molecule has 1 fully saturated rings. The average molecular weight is 450 g/mol. The number of hydrogen-bond donors (Lipinski definition) is 1. The largest absolute Gasteiger partial charge is 0.478 e. The number of hydrogen-bond acceptors (Lipinski definition) is 4. The van der Waals surface area contributed by atoms with Crippen LogP contribution in [0.15, 0.2) is 42.5 Å². The number of morpholine rings is 1. The summed E-state index contributed by atoms with van der Waals surface area (Å²) in [5.41, 5.74) is 2.33. The van der Waals surface area contributed by atoms with Gasteiger partial charge in [0.25, 0.3) is 0 Å². The lowest BCUT2D eigenvalue weighted by Gasteiger charge is -2.33. The van der Waals surface area contributed by atoms with Gasteiger partial charge in [0.2, 0.25) is 0 Å². The summed E-state index contributed by atoms with van der Waals surface area (Å²) in [6.45, 7) is 3.05. The van der Waals surface area contributed by atoms with Crippen LogP contribution in [-0.2, 0) is 22.5 Å². The molecule has 1 aliphatic heterocycles. The maximum absolute atomic E-state index is 12.3. The number of aromatic carboxylic acids is 1. The van der Waals surface area contributed by atoms with E-state index in [1.165, 1.54) is 0 Å². The second-order valence-corrected chi connectivity index (χ2v) is 8.37. The Balaban J connectivity index is 1.40. The Kier molecular flexibility index (Phi) is 8.28. The molecule has 5 nitrogen and oxygen atoms in total. The minimum absolute atomic E-state index is 0.0420. The topological polar surface area (TPSA) is 66.8 Å². The van der Waals surface area contributed by atoms with Crippen LogP contribution >= 0.6 is 23.2 Å². The van der Waals surface area contributed by atoms with Crippen LogP contribution in [0.1, 0.15) is 40.7 Å². The van der Waals surface area contributed by atoms with Crippen LogP contribution in [0.25, 0.3) is 0 Å². The molecule has 1 heterocycles. The van der Waals surface area contributed by atoms with Crippen molar-refractivity contribution < 1.29 is 19.4 Å². The number of ketones is 1. The van der Waals surface area contributed by atoms with Crippen LogP contribution in [-0.4, -0.2) is 47.6 Å². The number of benzene rings is 2. The number of Topliss-reactive ketones (excluding diaryl/α,β-unsaturated/α-hetero) is 1. The van der Waals surface area contributed by atoms with Crippen LogP contribution in [0, 0.1) is 0 Å². The van der Waals surface area contributed by atoms with Gasteiger partial charge >= 0.3 is 5.97 Å². The molecule has 0 bridgehead atoms. The molecular weight excluding hydrogens is 425 g/mol. The number of ether oxygens (including phenoxy) is 1. The molecule has 30 heavy (non-hydrogen) atoms. The number of halogens is 2. The van der Waals surface area contributed by atoms with Gasteiger partial charge in [-0.15, -0.1) is 0 Å². The van der Waals surface area contributed by atoms with Crippen molar-refractivity contribution >= 4 is 35.0 Å². The first kappa shape index (κ1) is 22.8. The summed E-state index contributed by atoms with van der Waals surface area (Å²) in [6, 6.07) is 12.3. The predicted molar refractivity (Wildman–Crippen MR) is 117 cm³/mol. The highest BCUT2D eigenvalue weighted by molar-refractivity contribution is 6.42. The highest BCUT2D eigenvalue weighted by Crippen LogP contribution is 2.24. The lowest BCUT2D eigenvalue weighted by atomic mass is 10.0. The molecule has 1 atom stereocenters. The first-order valence-electron chi connectivity index (χ1n) is 10.0. The molecule has 0 aromatic heterocycles. The van der Waals surface area contributed by atoms with E-state index in [4.69, 9.17) is 33.0 Å². The molecule has 7 heteroatoms. The number of aryl methyl sites for hydroxylation is 1. The van der Waals surface area contributed by atoms with Gasteiger partial charge < -0.3 is 9.84 Å². The van der Waals surface area contributed by atoms with Crippen LogP contribution < -0.4 is 0 Å². The fourth-order valence-electron chi connectivity index (χ4n) is 3.54. The van der Waals surface area contributed by atoms with Crippen LogP contribution in [0.2, 0.25) is 10.0 Å². The van der Waals surface area contributed by atoms with E-state index in [-0.39, 0.29) is 17.5 Å². The second kappa shape index (κ2) is 10.9. The molecule has 2 aromatic rings. The van der Waals surface area contributed by atoms with Crippen molar-refractivity contribution in [1.82, 2.24) is 4.90 Å². The third kappa shape index (κ3) is 6.81. The average Bonchev–Trinajstić information content (AvgIpc) is 2.74. The van der Waals surface area contributed by atoms with Gasteiger partial charge in [-0.1, -0.05) is 41.4 Å². The predicted octanol–water partition coefficient (Wildman–Crippen LogP) is 4.87. The summed E-state index contributed by atoms with van der Waals surface area (Å²) < 4.78 is 5.84. The van der Waals surface area contributed by atoms with Gasteiger partial charge in [-0.05, 0) is 48.2 Å². The number of rotatable bonds is 9. The molecule has 2 aromatic carbocycles. The number of carbonyl (C=O) groups is 2. The van der Waals surface area contributed by atoms with E-state index in [1.807, 2.05) is 18.2 Å². The maximum atomic E-state index is 12.3. The van der Waals surface area contributed by atoms with E-state index in [0.29, 0.717) is 42.3 Å². The standard InChI is InChI=1S/C23H25Cl2NO4/c24-21-10-4-17(13-22(21)25)14-26-11-12-30-20(15-26)9-8-19(27)7-3-16-1-5-18(6-2-16)23(28)29/h1-2,4-6,10,13,20H,3,7-9,11-12,14-15H2,(H,28,29)/t20-/m0/s1. The fourth-order valence-corrected chi connectivity index (χ4v) is 3.86. The molecule has 0 radical (unpaired) electrons. The Labute approximate surface area is 186 Å². The van der Waals surface area contributed by atoms with E-state index >= 15 is 0 Å². The lowest BCUT2D eigenvalue weighted by molar-refractivity contribution is -0.120. The molecule has 1 aliphatic rings. The van der Waals surface area contributed by atoms with Gasteiger partial charge in [0.05, 0.1) is 28.3 Å². The highest BCUT2D eigenvalue weighted by atomic mass is 35.5. The van der Waals surface area contributed by atoms with E-state index in [0.717, 1.165) is 30.8 Å². The Morgan fingerprint density at radius 3 is 2.47 bits per heavy atom. The zero-order chi connectivity index (χ0) is 21.5. The van der Waals surface area contributed by atoms with E-state index in [2.05, 4.69) is 4.90 Å². The zero-order valence-electron chi connectivity index (χ0n) is 16.7. The maximum Gasteiger partial charge on any atom is 0.335 e. The highest BCUT2D eigenvalue weighted by Gasteiger charge is 2.21. The van der Waals surface area contributed by atoms with Crippen molar-refractivity contribution in [2.45, 2.75) is 38.3 Å². The summed E-state index contributed by atoms with van der Waals surface area (Å²) in [5.74, 6) is -0.749. The summed E-state index contributed by atoms with van der Waals surface area (Å²) in [7, 11) is 0. The Bertz CT molecular complexity index is 885. The molecule has 0 unspecified atom stereocenters. The Hall–Kier alpha value is -1.92. The number of carbonyl (C=O) groups excluding carboxylic acids is 1. The molecule has 1 saturated heterocycles.